The first-order valence-electron chi connectivity index (χ1n) is 6.96. The summed E-state index contributed by atoms with van der Waals surface area (Å²) < 4.78 is 23.2. The Labute approximate surface area is 133 Å². The number of benzene rings is 2. The second-order valence-electron chi connectivity index (χ2n) is 4.76. The average molecular weight is 317 g/mol. The molecule has 0 atom stereocenters. The highest BCUT2D eigenvalue weighted by Crippen LogP contribution is 2.16. The van der Waals surface area contributed by atoms with Crippen molar-refractivity contribution in [2.75, 3.05) is 13.2 Å². The van der Waals surface area contributed by atoms with Crippen LogP contribution in [-0.2, 0) is 9.59 Å². The Kier molecular flexibility index (Phi) is 5.68. The molecular formula is C17H16FNO4. The minimum absolute atomic E-state index is 0.239. The van der Waals surface area contributed by atoms with E-state index in [1.165, 1.54) is 24.3 Å². The van der Waals surface area contributed by atoms with E-state index in [-0.39, 0.29) is 18.9 Å². The van der Waals surface area contributed by atoms with Crippen molar-refractivity contribution >= 4 is 11.9 Å². The van der Waals surface area contributed by atoms with Crippen molar-refractivity contribution in [2.24, 2.45) is 0 Å². The molecule has 0 aromatic heterocycles. The Morgan fingerprint density at radius 1 is 1.13 bits per heavy atom. The van der Waals surface area contributed by atoms with Gasteiger partial charge in [0.2, 0.25) is 0 Å². The van der Waals surface area contributed by atoms with Crippen LogP contribution < -0.4 is 14.8 Å². The summed E-state index contributed by atoms with van der Waals surface area (Å²) >= 11 is 0. The molecule has 0 heterocycles. The van der Waals surface area contributed by atoms with Crippen LogP contribution in [0.25, 0.3) is 0 Å². The fourth-order valence-electron chi connectivity index (χ4n) is 1.76. The lowest BCUT2D eigenvalue weighted by molar-refractivity contribution is -0.136. The Morgan fingerprint density at radius 2 is 1.91 bits per heavy atom. The molecule has 120 valence electrons. The number of hydrogen-bond donors (Lipinski definition) is 1. The number of amides is 1. The van der Waals surface area contributed by atoms with E-state index >= 15 is 0 Å². The molecule has 0 aliphatic heterocycles. The maximum absolute atomic E-state index is 12.9. The number of esters is 1. The van der Waals surface area contributed by atoms with Crippen LogP contribution in [0.5, 0.6) is 11.5 Å². The Balaban J connectivity index is 1.74. The smallest absolute Gasteiger partial charge is 0.330 e. The highest BCUT2D eigenvalue weighted by atomic mass is 19.1. The zero-order valence-corrected chi connectivity index (χ0v) is 12.5. The molecule has 2 aromatic rings. The molecule has 1 N–H and O–H groups in total. The normalized spacial score (nSPS) is 10.0. The molecule has 2 rings (SSSR count). The van der Waals surface area contributed by atoms with Crippen LogP contribution in [-0.4, -0.2) is 25.0 Å². The third-order valence-corrected chi connectivity index (χ3v) is 2.91. The van der Waals surface area contributed by atoms with Gasteiger partial charge in [-0.15, -0.1) is 0 Å². The van der Waals surface area contributed by atoms with Gasteiger partial charge in [-0.2, -0.15) is 0 Å². The van der Waals surface area contributed by atoms with Crippen LogP contribution in [0.3, 0.4) is 0 Å². The predicted octanol–water partition coefficient (Wildman–Crippen LogP) is 2.23. The molecule has 0 saturated carbocycles. The topological polar surface area (TPSA) is 64.6 Å². The van der Waals surface area contributed by atoms with Crippen LogP contribution >= 0.6 is 0 Å². The number of hydrogen-bond acceptors (Lipinski definition) is 4. The quantitative estimate of drug-likeness (QED) is 0.655. The standard InChI is InChI=1S/C17H16FNO4/c1-12-5-2-3-8-15(12)23-17(21)10-19-16(20)11-22-14-7-4-6-13(18)9-14/h2-9H,10-11H2,1H3,(H,19,20). The molecule has 5 nitrogen and oxygen atoms in total. The summed E-state index contributed by atoms with van der Waals surface area (Å²) in [6, 6.07) is 12.5. The van der Waals surface area contributed by atoms with E-state index in [0.29, 0.717) is 5.75 Å². The third-order valence-electron chi connectivity index (χ3n) is 2.91. The number of nitrogens with one attached hydrogen (secondary N) is 1. The molecule has 0 radical (unpaired) electrons. The van der Waals surface area contributed by atoms with Gasteiger partial charge in [0.1, 0.15) is 23.9 Å². The highest BCUT2D eigenvalue weighted by molar-refractivity contribution is 5.83. The van der Waals surface area contributed by atoms with Crippen molar-refractivity contribution in [1.82, 2.24) is 5.32 Å². The Morgan fingerprint density at radius 3 is 2.65 bits per heavy atom. The van der Waals surface area contributed by atoms with E-state index in [1.807, 2.05) is 19.1 Å². The molecular weight excluding hydrogens is 301 g/mol. The molecule has 23 heavy (non-hydrogen) atoms. The number of para-hydroxylation sites is 1. The second kappa shape index (κ2) is 7.93. The molecule has 1 amide bonds. The van der Waals surface area contributed by atoms with E-state index in [0.717, 1.165) is 5.56 Å². The lowest BCUT2D eigenvalue weighted by atomic mass is 10.2. The molecule has 0 spiro atoms. The molecule has 0 fully saturated rings. The number of carbonyl (C=O) groups excluding carboxylic acids is 2. The van der Waals surface area contributed by atoms with Gasteiger partial charge in [-0.1, -0.05) is 24.3 Å². The first-order chi connectivity index (χ1) is 11.0. The molecule has 6 heteroatoms. The van der Waals surface area contributed by atoms with Crippen molar-refractivity contribution in [3.05, 3.63) is 59.9 Å². The average Bonchev–Trinajstić information content (AvgIpc) is 2.53. The van der Waals surface area contributed by atoms with Crippen LogP contribution in [0.4, 0.5) is 4.39 Å². The van der Waals surface area contributed by atoms with E-state index in [9.17, 15) is 14.0 Å². The molecule has 0 aliphatic rings. The fourth-order valence-corrected chi connectivity index (χ4v) is 1.76. The van der Waals surface area contributed by atoms with Gasteiger partial charge in [0.15, 0.2) is 6.61 Å². The van der Waals surface area contributed by atoms with Crippen molar-refractivity contribution in [1.29, 1.82) is 0 Å². The molecule has 0 unspecified atom stereocenters. The van der Waals surface area contributed by atoms with Crippen LogP contribution in [0, 0.1) is 12.7 Å². The molecule has 0 aliphatic carbocycles. The fraction of sp³-hybridized carbons (Fsp3) is 0.176. The van der Waals surface area contributed by atoms with Crippen LogP contribution in [0.15, 0.2) is 48.5 Å². The lowest BCUT2D eigenvalue weighted by Gasteiger charge is -2.09. The van der Waals surface area contributed by atoms with Gasteiger partial charge in [-0.05, 0) is 30.7 Å². The lowest BCUT2D eigenvalue weighted by Crippen LogP contribution is -2.35. The maximum Gasteiger partial charge on any atom is 0.330 e. The Hall–Kier alpha value is -2.89. The first kappa shape index (κ1) is 16.5. The summed E-state index contributed by atoms with van der Waals surface area (Å²) in [4.78, 5) is 23.2. The van der Waals surface area contributed by atoms with Gasteiger partial charge >= 0.3 is 5.97 Å². The van der Waals surface area contributed by atoms with Crippen molar-refractivity contribution in [3.63, 3.8) is 0 Å². The largest absolute Gasteiger partial charge is 0.484 e. The van der Waals surface area contributed by atoms with Gasteiger partial charge < -0.3 is 14.8 Å². The molecule has 0 saturated heterocycles. The predicted molar refractivity (Wildman–Crippen MR) is 81.7 cm³/mol. The summed E-state index contributed by atoms with van der Waals surface area (Å²) in [5, 5.41) is 2.37. The number of rotatable bonds is 6. The zero-order chi connectivity index (χ0) is 16.7. The monoisotopic (exact) mass is 317 g/mol. The van der Waals surface area contributed by atoms with Gasteiger partial charge in [-0.25, -0.2) is 9.18 Å². The molecule has 2 aromatic carbocycles. The van der Waals surface area contributed by atoms with E-state index < -0.39 is 17.7 Å². The SMILES string of the molecule is Cc1ccccc1OC(=O)CNC(=O)COc1cccc(F)c1. The van der Waals surface area contributed by atoms with Crippen molar-refractivity contribution in [2.45, 2.75) is 6.92 Å². The highest BCUT2D eigenvalue weighted by Gasteiger charge is 2.09. The van der Waals surface area contributed by atoms with Crippen molar-refractivity contribution in [3.8, 4) is 11.5 Å². The maximum atomic E-state index is 12.9. The minimum Gasteiger partial charge on any atom is -0.484 e. The Bertz CT molecular complexity index is 702. The van der Waals surface area contributed by atoms with Gasteiger partial charge in [0.25, 0.3) is 5.91 Å². The van der Waals surface area contributed by atoms with Gasteiger partial charge in [0.05, 0.1) is 0 Å². The first-order valence-corrected chi connectivity index (χ1v) is 6.96. The number of ether oxygens (including phenoxy) is 2. The van der Waals surface area contributed by atoms with Gasteiger partial charge in [0, 0.05) is 6.07 Å². The number of aryl methyl sites for hydroxylation is 1. The van der Waals surface area contributed by atoms with Crippen LogP contribution in [0.1, 0.15) is 5.56 Å². The van der Waals surface area contributed by atoms with Gasteiger partial charge in [-0.3, -0.25) is 4.79 Å². The third kappa shape index (κ3) is 5.43. The number of halogens is 1. The molecule has 0 bridgehead atoms. The van der Waals surface area contributed by atoms with E-state index in [1.54, 1.807) is 12.1 Å². The summed E-state index contributed by atoms with van der Waals surface area (Å²) in [6.07, 6.45) is 0. The summed E-state index contributed by atoms with van der Waals surface area (Å²) in [5.74, 6) is -0.857. The van der Waals surface area contributed by atoms with E-state index in [4.69, 9.17) is 9.47 Å². The number of carbonyl (C=O) groups is 2. The van der Waals surface area contributed by atoms with Crippen molar-refractivity contribution < 1.29 is 23.5 Å². The zero-order valence-electron chi connectivity index (χ0n) is 12.5. The summed E-state index contributed by atoms with van der Waals surface area (Å²) in [6.45, 7) is 1.22. The summed E-state index contributed by atoms with van der Waals surface area (Å²) in [5.41, 5.74) is 0.821. The van der Waals surface area contributed by atoms with E-state index in [2.05, 4.69) is 5.32 Å². The minimum atomic E-state index is -0.585. The second-order valence-corrected chi connectivity index (χ2v) is 4.76. The van der Waals surface area contributed by atoms with Crippen LogP contribution in [0.2, 0.25) is 0 Å². The summed E-state index contributed by atoms with van der Waals surface area (Å²) in [7, 11) is 0.